The Morgan fingerprint density at radius 1 is 1.08 bits per heavy atom. The minimum absolute atomic E-state index is 0.542. The number of aromatic nitrogens is 4. The normalized spacial score (nSPS) is 17.0. The molecule has 1 saturated heterocycles. The highest BCUT2D eigenvalue weighted by Crippen LogP contribution is 2.30. The molecule has 1 unspecified atom stereocenters. The molecule has 0 saturated carbocycles. The number of benzene rings is 1. The Hall–Kier alpha value is -2.89. The number of pyridine rings is 1. The second kappa shape index (κ2) is 7.15. The molecule has 0 aliphatic carbocycles. The number of nitrogens with one attached hydrogen (secondary N) is 1. The van der Waals surface area contributed by atoms with Gasteiger partial charge in [0.15, 0.2) is 0 Å². The van der Waals surface area contributed by atoms with Crippen LogP contribution in [0.2, 0.25) is 0 Å². The summed E-state index contributed by atoms with van der Waals surface area (Å²) in [6.45, 7) is 5.69. The van der Waals surface area contributed by atoms with E-state index < -0.39 is 0 Å². The van der Waals surface area contributed by atoms with Gasteiger partial charge in [0.05, 0.1) is 5.69 Å². The van der Waals surface area contributed by atoms with Gasteiger partial charge in [0, 0.05) is 30.5 Å². The first-order chi connectivity index (χ1) is 12.7. The van der Waals surface area contributed by atoms with E-state index in [4.69, 9.17) is 0 Å². The summed E-state index contributed by atoms with van der Waals surface area (Å²) in [7, 11) is 0. The van der Waals surface area contributed by atoms with Crippen LogP contribution in [0, 0.1) is 5.92 Å². The third-order valence-electron chi connectivity index (χ3n) is 4.90. The summed E-state index contributed by atoms with van der Waals surface area (Å²) in [6, 6.07) is 14.7. The number of hydrogen-bond donors (Lipinski definition) is 1. The number of nitrogens with zero attached hydrogens (tertiary/aromatic N) is 5. The molecule has 1 aromatic carbocycles. The first-order valence-electron chi connectivity index (χ1n) is 9.17. The smallest absolute Gasteiger partial charge is 0.248 e. The Morgan fingerprint density at radius 2 is 1.92 bits per heavy atom. The third-order valence-corrected chi connectivity index (χ3v) is 4.90. The molecular weight excluding hydrogens is 324 g/mol. The molecule has 3 aromatic rings. The number of hydrogen-bond acceptors (Lipinski definition) is 5. The van der Waals surface area contributed by atoms with E-state index in [2.05, 4.69) is 51.3 Å². The second-order valence-electron chi connectivity index (χ2n) is 7.02. The molecule has 0 bridgehead atoms. The molecule has 0 amide bonds. The average molecular weight is 348 g/mol. The van der Waals surface area contributed by atoms with Crippen molar-refractivity contribution in [2.24, 2.45) is 5.92 Å². The van der Waals surface area contributed by atoms with Gasteiger partial charge in [-0.2, -0.15) is 4.98 Å². The molecule has 3 heterocycles. The molecule has 1 N–H and O–H groups in total. The van der Waals surface area contributed by atoms with Crippen LogP contribution in [0.15, 0.2) is 55.0 Å². The Bertz CT molecular complexity index is 858. The van der Waals surface area contributed by atoms with E-state index in [1.165, 1.54) is 18.5 Å². The van der Waals surface area contributed by atoms with Crippen LogP contribution in [-0.4, -0.2) is 32.3 Å². The predicted molar refractivity (Wildman–Crippen MR) is 104 cm³/mol. The van der Waals surface area contributed by atoms with Gasteiger partial charge >= 0.3 is 0 Å². The first kappa shape index (κ1) is 16.6. The predicted octanol–water partition coefficient (Wildman–Crippen LogP) is 4.03. The van der Waals surface area contributed by atoms with Gasteiger partial charge in [-0.25, -0.2) is 9.67 Å². The average Bonchev–Trinajstić information content (AvgIpc) is 3.32. The Labute approximate surface area is 153 Å². The molecule has 1 aliphatic rings. The van der Waals surface area contributed by atoms with Gasteiger partial charge in [-0.1, -0.05) is 32.0 Å². The topological polar surface area (TPSA) is 58.9 Å². The second-order valence-corrected chi connectivity index (χ2v) is 7.02. The molecule has 6 heteroatoms. The van der Waals surface area contributed by atoms with E-state index in [9.17, 15) is 0 Å². The maximum absolute atomic E-state index is 4.49. The first-order valence-corrected chi connectivity index (χ1v) is 9.17. The number of rotatable bonds is 5. The molecule has 0 radical (unpaired) electrons. The molecule has 134 valence electrons. The highest BCUT2D eigenvalue weighted by atomic mass is 15.4. The van der Waals surface area contributed by atoms with Gasteiger partial charge in [-0.15, -0.1) is 5.10 Å². The van der Waals surface area contributed by atoms with Crippen LogP contribution < -0.4 is 10.2 Å². The van der Waals surface area contributed by atoms with Gasteiger partial charge < -0.3 is 10.2 Å². The van der Waals surface area contributed by atoms with Crippen molar-refractivity contribution in [2.75, 3.05) is 16.8 Å². The summed E-state index contributed by atoms with van der Waals surface area (Å²) in [5.41, 5.74) is 2.19. The fourth-order valence-electron chi connectivity index (χ4n) is 3.61. The van der Waals surface area contributed by atoms with Crippen LogP contribution >= 0.6 is 0 Å². The molecule has 0 spiro atoms. The highest BCUT2D eigenvalue weighted by Gasteiger charge is 2.27. The minimum Gasteiger partial charge on any atom is -0.368 e. The largest absolute Gasteiger partial charge is 0.368 e. The van der Waals surface area contributed by atoms with E-state index in [-0.39, 0.29) is 0 Å². The van der Waals surface area contributed by atoms with Crippen molar-refractivity contribution in [2.45, 2.75) is 32.7 Å². The van der Waals surface area contributed by atoms with Crippen molar-refractivity contribution in [3.63, 3.8) is 0 Å². The van der Waals surface area contributed by atoms with Crippen LogP contribution in [0.4, 0.5) is 17.5 Å². The summed E-state index contributed by atoms with van der Waals surface area (Å²) >= 11 is 0. The lowest BCUT2D eigenvalue weighted by molar-refractivity contribution is 0.492. The fourth-order valence-corrected chi connectivity index (χ4v) is 3.61. The van der Waals surface area contributed by atoms with Crippen molar-refractivity contribution in [1.29, 1.82) is 0 Å². The summed E-state index contributed by atoms with van der Waals surface area (Å²) in [4.78, 5) is 11.3. The zero-order chi connectivity index (χ0) is 17.9. The molecule has 1 fully saturated rings. The van der Waals surface area contributed by atoms with Gasteiger partial charge in [0.2, 0.25) is 5.95 Å². The minimum atomic E-state index is 0.542. The summed E-state index contributed by atoms with van der Waals surface area (Å²) in [5.74, 6) is 1.95. The van der Waals surface area contributed by atoms with Crippen LogP contribution in [0.5, 0.6) is 0 Å². The summed E-state index contributed by atoms with van der Waals surface area (Å²) < 4.78 is 1.75. The van der Waals surface area contributed by atoms with Crippen molar-refractivity contribution in [3.05, 3.63) is 55.0 Å². The van der Waals surface area contributed by atoms with Gasteiger partial charge in [-0.3, -0.25) is 0 Å². The van der Waals surface area contributed by atoms with Crippen molar-refractivity contribution in [1.82, 2.24) is 19.7 Å². The van der Waals surface area contributed by atoms with E-state index in [1.807, 2.05) is 36.5 Å². The van der Waals surface area contributed by atoms with Gasteiger partial charge in [-0.05, 0) is 37.0 Å². The lowest BCUT2D eigenvalue weighted by Gasteiger charge is -2.29. The summed E-state index contributed by atoms with van der Waals surface area (Å²) in [5, 5.41) is 7.71. The van der Waals surface area contributed by atoms with E-state index >= 15 is 0 Å². The zero-order valence-electron chi connectivity index (χ0n) is 15.2. The van der Waals surface area contributed by atoms with Crippen molar-refractivity contribution < 1.29 is 0 Å². The number of anilines is 3. The quantitative estimate of drug-likeness (QED) is 0.754. The fraction of sp³-hybridized carbons (Fsp3) is 0.350. The third kappa shape index (κ3) is 3.40. The molecule has 1 aliphatic heterocycles. The zero-order valence-corrected chi connectivity index (χ0v) is 15.2. The lowest BCUT2D eigenvalue weighted by Crippen LogP contribution is -2.33. The molecular formula is C20H24N6. The maximum atomic E-state index is 4.49. The van der Waals surface area contributed by atoms with Crippen LogP contribution in [0.1, 0.15) is 26.7 Å². The number of para-hydroxylation sites is 1. The standard InChI is InChI=1S/C20H24N6/c1-15(2)18-9-6-12-25(18)17-10-11-21-19(13-17)23-20-22-14-26(24-20)16-7-4-3-5-8-16/h3-5,7-8,10-11,13-15,18H,6,9,12H2,1-2H3,(H,21,23,24). The monoisotopic (exact) mass is 348 g/mol. The highest BCUT2D eigenvalue weighted by molar-refractivity contribution is 5.58. The van der Waals surface area contributed by atoms with Crippen LogP contribution in [0.3, 0.4) is 0 Å². The van der Waals surface area contributed by atoms with Crippen molar-refractivity contribution >= 4 is 17.5 Å². The Balaban J connectivity index is 1.52. The van der Waals surface area contributed by atoms with E-state index in [0.717, 1.165) is 18.1 Å². The van der Waals surface area contributed by atoms with Crippen LogP contribution in [-0.2, 0) is 0 Å². The lowest BCUT2D eigenvalue weighted by atomic mass is 10.0. The molecule has 2 aromatic heterocycles. The molecule has 6 nitrogen and oxygen atoms in total. The molecule has 4 rings (SSSR count). The van der Waals surface area contributed by atoms with E-state index in [0.29, 0.717) is 17.9 Å². The SMILES string of the molecule is CC(C)C1CCCN1c1ccnc(Nc2ncn(-c3ccccc3)n2)c1. The van der Waals surface area contributed by atoms with Crippen molar-refractivity contribution in [3.8, 4) is 5.69 Å². The summed E-state index contributed by atoms with van der Waals surface area (Å²) in [6.07, 6.45) is 6.06. The van der Waals surface area contributed by atoms with Gasteiger partial charge in [0.25, 0.3) is 0 Å². The van der Waals surface area contributed by atoms with Gasteiger partial charge in [0.1, 0.15) is 12.1 Å². The molecule has 1 atom stereocenters. The van der Waals surface area contributed by atoms with Crippen LogP contribution in [0.25, 0.3) is 5.69 Å². The maximum Gasteiger partial charge on any atom is 0.248 e. The Kier molecular flexibility index (Phi) is 4.56. The van der Waals surface area contributed by atoms with E-state index in [1.54, 1.807) is 11.0 Å². The Morgan fingerprint density at radius 3 is 2.73 bits per heavy atom. The molecule has 26 heavy (non-hydrogen) atoms.